The average Bonchev–Trinajstić information content (AvgIpc) is 2.13. The highest BCUT2D eigenvalue weighted by atomic mass is 16.1. The second-order valence-electron chi connectivity index (χ2n) is 4.21. The number of nitrogens with one attached hydrogen (secondary N) is 1. The first-order chi connectivity index (χ1) is 7.36. The second-order valence-corrected chi connectivity index (χ2v) is 4.21. The topological polar surface area (TPSA) is 44.7 Å². The van der Waals surface area contributed by atoms with Gasteiger partial charge in [-0.1, -0.05) is 12.2 Å². The zero-order valence-corrected chi connectivity index (χ0v) is 8.39. The molecular weight excluding hydrogens is 190 g/mol. The van der Waals surface area contributed by atoms with E-state index in [1.165, 1.54) is 11.3 Å². The van der Waals surface area contributed by atoms with Crippen LogP contribution in [0.2, 0.25) is 0 Å². The fourth-order valence-corrected chi connectivity index (χ4v) is 2.21. The van der Waals surface area contributed by atoms with Crippen molar-refractivity contribution in [2.75, 3.05) is 13.1 Å². The van der Waals surface area contributed by atoms with Gasteiger partial charge in [-0.05, 0) is 6.42 Å². The van der Waals surface area contributed by atoms with Crippen molar-refractivity contribution in [1.82, 2.24) is 10.2 Å². The monoisotopic (exact) mass is 203 g/mol. The van der Waals surface area contributed by atoms with Crippen molar-refractivity contribution in [3.63, 3.8) is 0 Å². The maximum Gasteiger partial charge on any atom is 0.209 e. The fourth-order valence-electron chi connectivity index (χ4n) is 2.21. The molecule has 2 heterocycles. The first-order valence-electron chi connectivity index (χ1n) is 5.27. The van der Waals surface area contributed by atoms with Crippen molar-refractivity contribution in [2.45, 2.75) is 18.5 Å². The second kappa shape index (κ2) is 3.31. The van der Waals surface area contributed by atoms with Crippen molar-refractivity contribution >= 4 is 12.1 Å². The minimum Gasteiger partial charge on any atom is -0.342 e. The lowest BCUT2D eigenvalue weighted by Crippen LogP contribution is -2.61. The average molecular weight is 203 g/mol. The van der Waals surface area contributed by atoms with Gasteiger partial charge in [-0.3, -0.25) is 9.79 Å². The molecule has 0 aromatic heterocycles. The van der Waals surface area contributed by atoms with E-state index in [2.05, 4.69) is 22.5 Å². The summed E-state index contributed by atoms with van der Waals surface area (Å²) in [5.74, 6) is 0. The molecule has 0 radical (unpaired) electrons. The molecule has 4 nitrogen and oxygen atoms in total. The summed E-state index contributed by atoms with van der Waals surface area (Å²) in [5, 5.41) is 3.53. The Labute approximate surface area is 88.4 Å². The summed E-state index contributed by atoms with van der Waals surface area (Å²) in [5.41, 5.74) is 2.44. The van der Waals surface area contributed by atoms with E-state index in [9.17, 15) is 4.79 Å². The zero-order valence-electron chi connectivity index (χ0n) is 8.39. The molecule has 78 valence electrons. The predicted molar refractivity (Wildman–Crippen MR) is 57.6 cm³/mol. The minimum atomic E-state index is 0.355. The van der Waals surface area contributed by atoms with Gasteiger partial charge in [-0.15, -0.1) is 0 Å². The molecule has 4 heteroatoms. The van der Waals surface area contributed by atoms with Crippen molar-refractivity contribution in [2.24, 2.45) is 4.99 Å². The smallest absolute Gasteiger partial charge is 0.209 e. The molecule has 1 fully saturated rings. The van der Waals surface area contributed by atoms with Crippen LogP contribution < -0.4 is 5.32 Å². The highest BCUT2D eigenvalue weighted by Gasteiger charge is 2.31. The molecule has 0 aromatic carbocycles. The first kappa shape index (κ1) is 8.85. The molecule has 0 saturated carbocycles. The number of carbonyl (C=O) groups excluding carboxylic acids is 1. The third-order valence-corrected chi connectivity index (χ3v) is 3.13. The normalized spacial score (nSPS) is 28.5. The van der Waals surface area contributed by atoms with Crippen molar-refractivity contribution in [3.05, 3.63) is 23.9 Å². The highest BCUT2D eigenvalue weighted by Crippen LogP contribution is 2.22. The molecule has 1 atom stereocenters. The van der Waals surface area contributed by atoms with Gasteiger partial charge in [0.1, 0.15) is 0 Å². The molecule has 1 saturated heterocycles. The van der Waals surface area contributed by atoms with E-state index in [1.54, 1.807) is 4.90 Å². The van der Waals surface area contributed by atoms with Gasteiger partial charge in [0.25, 0.3) is 0 Å². The minimum absolute atomic E-state index is 0.355. The molecule has 2 aliphatic heterocycles. The molecule has 0 aromatic rings. The number of nitrogens with zero attached hydrogens (tertiary/aromatic N) is 2. The van der Waals surface area contributed by atoms with E-state index in [4.69, 9.17) is 0 Å². The molecule has 1 N–H and O–H groups in total. The van der Waals surface area contributed by atoms with Gasteiger partial charge in [0.2, 0.25) is 6.41 Å². The lowest BCUT2D eigenvalue weighted by molar-refractivity contribution is -0.122. The number of hydrogen-bond donors (Lipinski definition) is 1. The van der Waals surface area contributed by atoms with E-state index < -0.39 is 0 Å². The van der Waals surface area contributed by atoms with Gasteiger partial charge in [-0.2, -0.15) is 0 Å². The van der Waals surface area contributed by atoms with Gasteiger partial charge < -0.3 is 10.2 Å². The third-order valence-electron chi connectivity index (χ3n) is 3.13. The third kappa shape index (κ3) is 1.41. The van der Waals surface area contributed by atoms with E-state index in [-0.39, 0.29) is 0 Å². The van der Waals surface area contributed by atoms with Gasteiger partial charge in [0.15, 0.2) is 0 Å². The molecule has 0 bridgehead atoms. The van der Waals surface area contributed by atoms with Crippen LogP contribution in [0.1, 0.15) is 6.42 Å². The summed E-state index contributed by atoms with van der Waals surface area (Å²) >= 11 is 0. The van der Waals surface area contributed by atoms with Crippen LogP contribution in [-0.2, 0) is 4.79 Å². The number of allylic oxidation sites excluding steroid dienone is 1. The Morgan fingerprint density at radius 2 is 2.40 bits per heavy atom. The standard InChI is InChI=1S/C11H13N3O/c15-7-14-5-9(6-14)13-10-3-1-2-8-4-12-11(8)10/h1-2,4,7,9-10,13H,3,5-6H2. The summed E-state index contributed by atoms with van der Waals surface area (Å²) in [7, 11) is 0. The van der Waals surface area contributed by atoms with E-state index in [0.717, 1.165) is 25.9 Å². The van der Waals surface area contributed by atoms with E-state index >= 15 is 0 Å². The Morgan fingerprint density at radius 1 is 1.53 bits per heavy atom. The van der Waals surface area contributed by atoms with Crippen LogP contribution in [0.15, 0.2) is 28.9 Å². The van der Waals surface area contributed by atoms with Crippen molar-refractivity contribution in [1.29, 1.82) is 0 Å². The molecule has 0 spiro atoms. The number of likely N-dealkylation sites (tertiary alicyclic amines) is 1. The lowest BCUT2D eigenvalue weighted by Gasteiger charge is -2.40. The number of aliphatic imine (C=N–C) groups is 1. The van der Waals surface area contributed by atoms with Crippen molar-refractivity contribution < 1.29 is 4.79 Å². The van der Waals surface area contributed by atoms with Crippen LogP contribution >= 0.6 is 0 Å². The zero-order chi connectivity index (χ0) is 10.3. The number of hydrogen-bond acceptors (Lipinski definition) is 3. The fraction of sp³-hybridized carbons (Fsp3) is 0.455. The van der Waals surface area contributed by atoms with Gasteiger partial charge in [-0.25, -0.2) is 0 Å². The highest BCUT2D eigenvalue weighted by molar-refractivity contribution is 6.11. The quantitative estimate of drug-likeness (QED) is 0.660. The van der Waals surface area contributed by atoms with Gasteiger partial charge in [0.05, 0.1) is 11.8 Å². The van der Waals surface area contributed by atoms with Gasteiger partial charge >= 0.3 is 0 Å². The van der Waals surface area contributed by atoms with E-state index in [1.807, 2.05) is 6.20 Å². The maximum absolute atomic E-state index is 10.4. The van der Waals surface area contributed by atoms with Crippen molar-refractivity contribution in [3.8, 4) is 0 Å². The number of amides is 1. The lowest BCUT2D eigenvalue weighted by atomic mass is 9.91. The maximum atomic E-state index is 10.4. The van der Waals surface area contributed by atoms with Crippen LogP contribution in [0.5, 0.6) is 0 Å². The number of fused-ring (bicyclic) bond motifs is 1. The Morgan fingerprint density at radius 3 is 3.07 bits per heavy atom. The molecular formula is C11H13N3O. The number of carbonyl (C=O) groups is 1. The van der Waals surface area contributed by atoms with E-state index in [0.29, 0.717) is 12.1 Å². The summed E-state index contributed by atoms with van der Waals surface area (Å²) in [6.45, 7) is 1.66. The summed E-state index contributed by atoms with van der Waals surface area (Å²) in [6.07, 6.45) is 8.12. The largest absolute Gasteiger partial charge is 0.342 e. The Balaban J connectivity index is 1.57. The van der Waals surface area contributed by atoms with Crippen LogP contribution in [0, 0.1) is 0 Å². The Bertz CT molecular complexity index is 377. The van der Waals surface area contributed by atoms with Crippen LogP contribution in [0.3, 0.4) is 0 Å². The Hall–Kier alpha value is -1.42. The molecule has 3 aliphatic rings. The summed E-state index contributed by atoms with van der Waals surface area (Å²) in [4.78, 5) is 16.5. The molecule has 1 amide bonds. The molecule has 15 heavy (non-hydrogen) atoms. The van der Waals surface area contributed by atoms with Crippen LogP contribution in [0.4, 0.5) is 0 Å². The predicted octanol–water partition coefficient (Wildman–Crippen LogP) is 0.0836. The van der Waals surface area contributed by atoms with Crippen LogP contribution in [-0.4, -0.2) is 42.2 Å². The van der Waals surface area contributed by atoms with Gasteiger partial charge in [0, 0.05) is 30.9 Å². The Kier molecular flexibility index (Phi) is 1.95. The molecule has 1 aliphatic carbocycles. The first-order valence-corrected chi connectivity index (χ1v) is 5.27. The number of rotatable bonds is 3. The summed E-state index contributed by atoms with van der Waals surface area (Å²) < 4.78 is 0. The van der Waals surface area contributed by atoms with Crippen LogP contribution in [0.25, 0.3) is 0 Å². The SMILES string of the molecule is O=CN1CC(NC2CC=CC3=CN=C32)C1. The molecule has 3 rings (SSSR count). The molecule has 1 unspecified atom stereocenters. The summed E-state index contributed by atoms with van der Waals surface area (Å²) in [6, 6.07) is 0.796.